The zero-order valence-electron chi connectivity index (χ0n) is 9.45. The van der Waals surface area contributed by atoms with Gasteiger partial charge in [-0.1, -0.05) is 30.3 Å². The Morgan fingerprint density at radius 3 is 2.78 bits per heavy atom. The monoisotopic (exact) mass is 242 g/mol. The van der Waals surface area contributed by atoms with Crippen molar-refractivity contribution in [3.8, 4) is 0 Å². The van der Waals surface area contributed by atoms with Crippen molar-refractivity contribution in [2.75, 3.05) is 0 Å². The van der Waals surface area contributed by atoms with Gasteiger partial charge >= 0.3 is 6.09 Å². The molecular formula is C13H10N2O3. The van der Waals surface area contributed by atoms with Gasteiger partial charge in [0.25, 0.3) is 5.91 Å². The third-order valence-corrected chi connectivity index (χ3v) is 2.17. The van der Waals surface area contributed by atoms with Crippen molar-refractivity contribution in [2.45, 2.75) is 6.61 Å². The van der Waals surface area contributed by atoms with Crippen LogP contribution in [-0.2, 0) is 16.1 Å². The summed E-state index contributed by atoms with van der Waals surface area (Å²) in [6.45, 7) is 0.123. The lowest BCUT2D eigenvalue weighted by Crippen LogP contribution is -2.14. The molecule has 1 heterocycles. The van der Waals surface area contributed by atoms with E-state index in [0.717, 1.165) is 5.56 Å². The molecule has 0 aliphatic carbocycles. The molecule has 0 unspecified atom stereocenters. The molecule has 1 aliphatic rings. The van der Waals surface area contributed by atoms with Gasteiger partial charge in [0.2, 0.25) is 0 Å². The molecule has 5 nitrogen and oxygen atoms in total. The number of ether oxygens (including phenoxy) is 1. The quantitative estimate of drug-likeness (QED) is 0.795. The molecule has 1 aromatic rings. The van der Waals surface area contributed by atoms with Gasteiger partial charge in [-0.3, -0.25) is 4.79 Å². The second-order valence-corrected chi connectivity index (χ2v) is 3.48. The van der Waals surface area contributed by atoms with Crippen molar-refractivity contribution >= 4 is 23.9 Å². The third-order valence-electron chi connectivity index (χ3n) is 2.17. The number of amides is 2. The highest BCUT2D eigenvalue weighted by Crippen LogP contribution is 2.02. The summed E-state index contributed by atoms with van der Waals surface area (Å²) in [6.07, 6.45) is 3.49. The van der Waals surface area contributed by atoms with Crippen molar-refractivity contribution in [1.29, 1.82) is 0 Å². The molecule has 18 heavy (non-hydrogen) atoms. The first-order chi connectivity index (χ1) is 8.75. The number of rotatable bonds is 2. The van der Waals surface area contributed by atoms with Crippen molar-refractivity contribution < 1.29 is 14.3 Å². The van der Waals surface area contributed by atoms with Crippen LogP contribution in [0.2, 0.25) is 0 Å². The molecule has 1 aromatic carbocycles. The Kier molecular flexibility index (Phi) is 3.76. The minimum atomic E-state index is -0.802. The van der Waals surface area contributed by atoms with E-state index in [0.29, 0.717) is 0 Å². The average molecular weight is 242 g/mol. The smallest absolute Gasteiger partial charge is 0.434 e. The van der Waals surface area contributed by atoms with Crippen LogP contribution < -0.4 is 0 Å². The molecule has 90 valence electrons. The molecule has 0 saturated carbocycles. The van der Waals surface area contributed by atoms with Gasteiger partial charge in [0.15, 0.2) is 0 Å². The van der Waals surface area contributed by atoms with Crippen LogP contribution in [0.3, 0.4) is 0 Å². The lowest BCUT2D eigenvalue weighted by atomic mass is 10.2. The van der Waals surface area contributed by atoms with Gasteiger partial charge in [0.1, 0.15) is 12.3 Å². The first kappa shape index (κ1) is 11.9. The summed E-state index contributed by atoms with van der Waals surface area (Å²) >= 11 is 0. The van der Waals surface area contributed by atoms with E-state index in [-0.39, 0.29) is 12.3 Å². The minimum Gasteiger partial charge on any atom is -0.443 e. The molecule has 0 saturated heterocycles. The molecule has 0 N–H and O–H groups in total. The predicted molar refractivity (Wildman–Crippen MR) is 66.7 cm³/mol. The van der Waals surface area contributed by atoms with Crippen LogP contribution in [0.1, 0.15) is 5.56 Å². The van der Waals surface area contributed by atoms with Crippen LogP contribution in [0.15, 0.2) is 52.5 Å². The van der Waals surface area contributed by atoms with Gasteiger partial charge in [-0.15, -0.1) is 0 Å². The lowest BCUT2D eigenvalue weighted by molar-refractivity contribution is -0.111. The first-order valence-corrected chi connectivity index (χ1v) is 5.30. The van der Waals surface area contributed by atoms with Gasteiger partial charge < -0.3 is 4.74 Å². The summed E-state index contributed by atoms with van der Waals surface area (Å²) in [5, 5.41) is 0. The number of carbonyl (C=O) groups excluding carboxylic acids is 2. The van der Waals surface area contributed by atoms with E-state index in [4.69, 9.17) is 4.74 Å². The number of nitrogens with zero attached hydrogens (tertiary/aromatic N) is 2. The minimum absolute atomic E-state index is 0.0180. The number of benzene rings is 1. The second-order valence-electron chi connectivity index (χ2n) is 3.48. The zero-order chi connectivity index (χ0) is 12.8. The third kappa shape index (κ3) is 3.21. The molecule has 2 amide bonds. The van der Waals surface area contributed by atoms with Gasteiger partial charge in [-0.2, -0.15) is 4.99 Å². The van der Waals surface area contributed by atoms with E-state index in [1.807, 2.05) is 30.3 Å². The number of carbonyl (C=O) groups is 2. The van der Waals surface area contributed by atoms with Crippen LogP contribution in [0, 0.1) is 0 Å². The topological polar surface area (TPSA) is 68.1 Å². The Morgan fingerprint density at radius 2 is 2.06 bits per heavy atom. The molecule has 2 rings (SSSR count). The van der Waals surface area contributed by atoms with E-state index in [2.05, 4.69) is 9.98 Å². The maximum Gasteiger partial charge on any atom is 0.434 e. The molecule has 0 fully saturated rings. The SMILES string of the molecule is O=C(/N=C1\C=CC=NC1=O)OCc1ccccc1. The maximum absolute atomic E-state index is 11.4. The van der Waals surface area contributed by atoms with Crippen LogP contribution in [0.4, 0.5) is 4.79 Å². The highest BCUT2D eigenvalue weighted by Gasteiger charge is 2.11. The average Bonchev–Trinajstić information content (AvgIpc) is 2.40. The zero-order valence-corrected chi connectivity index (χ0v) is 9.45. The number of allylic oxidation sites excluding steroid dienone is 1. The number of hydrogen-bond acceptors (Lipinski definition) is 3. The second kappa shape index (κ2) is 5.67. The van der Waals surface area contributed by atoms with E-state index in [1.54, 1.807) is 0 Å². The first-order valence-electron chi connectivity index (χ1n) is 5.30. The standard InChI is InChI=1S/C13H10N2O3/c16-12-11(7-4-8-14-12)15-13(17)18-9-10-5-2-1-3-6-10/h1-8H,9H2/b15-11+. The number of hydrogen-bond donors (Lipinski definition) is 0. The summed E-state index contributed by atoms with van der Waals surface area (Å²) in [5.41, 5.74) is 0.838. The van der Waals surface area contributed by atoms with Gasteiger partial charge in [-0.05, 0) is 17.7 Å². The Labute approximate surface area is 104 Å². The van der Waals surface area contributed by atoms with Crippen LogP contribution in [-0.4, -0.2) is 23.9 Å². The summed E-state index contributed by atoms with van der Waals surface area (Å²) in [7, 11) is 0. The largest absolute Gasteiger partial charge is 0.443 e. The summed E-state index contributed by atoms with van der Waals surface area (Å²) in [6, 6.07) is 9.22. The number of dihydropyridines is 1. The Balaban J connectivity index is 1.93. The Morgan fingerprint density at radius 1 is 1.28 bits per heavy atom. The van der Waals surface area contributed by atoms with Crippen LogP contribution >= 0.6 is 0 Å². The lowest BCUT2D eigenvalue weighted by Gasteiger charge is -2.02. The predicted octanol–water partition coefficient (Wildman–Crippen LogP) is 1.93. The molecule has 0 bridgehead atoms. The van der Waals surface area contributed by atoms with Crippen LogP contribution in [0.25, 0.3) is 0 Å². The number of aliphatic imine (C=N–C) groups is 2. The fourth-order valence-electron chi connectivity index (χ4n) is 1.32. The van der Waals surface area contributed by atoms with Gasteiger partial charge in [-0.25, -0.2) is 9.79 Å². The van der Waals surface area contributed by atoms with E-state index in [1.165, 1.54) is 18.4 Å². The fourth-order valence-corrected chi connectivity index (χ4v) is 1.32. The highest BCUT2D eigenvalue weighted by molar-refractivity contribution is 6.47. The summed E-state index contributed by atoms with van der Waals surface area (Å²) in [4.78, 5) is 29.6. The molecule has 0 atom stereocenters. The van der Waals surface area contributed by atoms with E-state index in [9.17, 15) is 9.59 Å². The highest BCUT2D eigenvalue weighted by atomic mass is 16.5. The van der Waals surface area contributed by atoms with E-state index >= 15 is 0 Å². The molecule has 0 aromatic heterocycles. The molecule has 0 spiro atoms. The van der Waals surface area contributed by atoms with Crippen molar-refractivity contribution in [3.63, 3.8) is 0 Å². The molecule has 0 radical (unpaired) electrons. The van der Waals surface area contributed by atoms with Crippen LogP contribution in [0.5, 0.6) is 0 Å². The van der Waals surface area contributed by atoms with Gasteiger partial charge in [0, 0.05) is 6.21 Å². The normalized spacial score (nSPS) is 16.0. The summed E-state index contributed by atoms with van der Waals surface area (Å²) in [5.74, 6) is -0.547. The Bertz CT molecular complexity index is 545. The molecule has 5 heteroatoms. The fraction of sp³-hybridized carbons (Fsp3) is 0.0769. The van der Waals surface area contributed by atoms with E-state index < -0.39 is 12.0 Å². The maximum atomic E-state index is 11.4. The van der Waals surface area contributed by atoms with Crippen molar-refractivity contribution in [1.82, 2.24) is 0 Å². The van der Waals surface area contributed by atoms with Gasteiger partial charge in [0.05, 0.1) is 0 Å². The summed E-state index contributed by atoms with van der Waals surface area (Å²) < 4.78 is 4.91. The van der Waals surface area contributed by atoms with Crippen molar-refractivity contribution in [2.24, 2.45) is 9.98 Å². The molecular weight excluding hydrogens is 232 g/mol. The molecule has 1 aliphatic heterocycles. The van der Waals surface area contributed by atoms with Crippen molar-refractivity contribution in [3.05, 3.63) is 48.0 Å². The Hall–Kier alpha value is -2.56.